The molecule has 6 nitrogen and oxygen atoms in total. The number of piperazine rings is 1. The molecule has 3 amide bonds. The molecule has 0 aromatic heterocycles. The highest BCUT2D eigenvalue weighted by atomic mass is 35.5. The first kappa shape index (κ1) is 21.5. The lowest BCUT2D eigenvalue weighted by molar-refractivity contribution is -0.133. The second kappa shape index (κ2) is 10.0. The van der Waals surface area contributed by atoms with Gasteiger partial charge >= 0.3 is 0 Å². The third kappa shape index (κ3) is 5.67. The molecule has 30 heavy (non-hydrogen) atoms. The lowest BCUT2D eigenvalue weighted by Crippen LogP contribution is -2.52. The van der Waals surface area contributed by atoms with Gasteiger partial charge in [-0.05, 0) is 29.8 Å². The quantitative estimate of drug-likeness (QED) is 0.743. The van der Waals surface area contributed by atoms with E-state index in [1.165, 1.54) is 18.2 Å². The van der Waals surface area contributed by atoms with Crippen molar-refractivity contribution in [2.24, 2.45) is 0 Å². The smallest absolute Gasteiger partial charge is 0.255 e. The van der Waals surface area contributed by atoms with Crippen molar-refractivity contribution in [1.29, 1.82) is 0 Å². The number of benzene rings is 2. The van der Waals surface area contributed by atoms with Gasteiger partial charge in [0.15, 0.2) is 0 Å². The molecule has 3 rings (SSSR count). The van der Waals surface area contributed by atoms with E-state index in [4.69, 9.17) is 11.6 Å². The van der Waals surface area contributed by atoms with Gasteiger partial charge in [0, 0.05) is 32.3 Å². The monoisotopic (exact) mass is 429 g/mol. The Morgan fingerprint density at radius 2 is 1.67 bits per heavy atom. The summed E-state index contributed by atoms with van der Waals surface area (Å²) in [6.45, 7) is 1.24. The summed E-state index contributed by atoms with van der Waals surface area (Å²) in [6, 6.07) is 13.0. The average molecular weight is 430 g/mol. The number of rotatable bonds is 5. The number of hydrogen-bond donors (Lipinski definition) is 1. The molecule has 1 saturated heterocycles. The number of amides is 3. The first-order chi connectivity index (χ1) is 14.4. The molecule has 0 radical (unpaired) electrons. The van der Waals surface area contributed by atoms with Gasteiger partial charge in [0.2, 0.25) is 11.8 Å². The fraction of sp³-hybridized carbons (Fsp3) is 0.227. The van der Waals surface area contributed by atoms with Crippen LogP contribution in [0.4, 0.5) is 4.39 Å². The lowest BCUT2D eigenvalue weighted by Gasteiger charge is -2.35. The number of carbonyl (C=O) groups excluding carboxylic acids is 3. The van der Waals surface area contributed by atoms with Gasteiger partial charge in [0.1, 0.15) is 5.82 Å². The van der Waals surface area contributed by atoms with Crippen molar-refractivity contribution in [3.05, 3.63) is 76.6 Å². The van der Waals surface area contributed by atoms with E-state index in [1.54, 1.807) is 15.9 Å². The van der Waals surface area contributed by atoms with Gasteiger partial charge < -0.3 is 15.1 Å². The molecule has 0 atom stereocenters. The topological polar surface area (TPSA) is 69.7 Å². The van der Waals surface area contributed by atoms with E-state index in [9.17, 15) is 18.8 Å². The van der Waals surface area contributed by atoms with Crippen molar-refractivity contribution in [3.8, 4) is 0 Å². The Labute approximate surface area is 178 Å². The van der Waals surface area contributed by atoms with Gasteiger partial charge in [-0.25, -0.2) is 4.39 Å². The summed E-state index contributed by atoms with van der Waals surface area (Å²) >= 11 is 5.96. The highest BCUT2D eigenvalue weighted by Gasteiger charge is 2.26. The molecule has 1 N–H and O–H groups in total. The van der Waals surface area contributed by atoms with Gasteiger partial charge in [0.05, 0.1) is 17.1 Å². The lowest BCUT2D eigenvalue weighted by atomic mass is 10.1. The fourth-order valence-corrected chi connectivity index (χ4v) is 3.31. The van der Waals surface area contributed by atoms with Crippen LogP contribution in [-0.2, 0) is 9.59 Å². The Hall–Kier alpha value is -3.19. The summed E-state index contributed by atoms with van der Waals surface area (Å²) in [4.78, 5) is 40.0. The van der Waals surface area contributed by atoms with Crippen molar-refractivity contribution < 1.29 is 18.8 Å². The summed E-state index contributed by atoms with van der Waals surface area (Å²) in [6.07, 6.45) is 3.05. The highest BCUT2D eigenvalue weighted by molar-refractivity contribution is 6.33. The summed E-state index contributed by atoms with van der Waals surface area (Å²) in [5.74, 6) is -1.38. The molecule has 0 saturated carbocycles. The summed E-state index contributed by atoms with van der Waals surface area (Å²) in [5.41, 5.74) is 1.12. The molecule has 0 aliphatic carbocycles. The highest BCUT2D eigenvalue weighted by Crippen LogP contribution is 2.20. The SMILES string of the molecule is O=C(/C=C/c1ccccc1)NCC(=O)N1CCN(C(=O)c2ccc(F)cc2Cl)CC1. The first-order valence-electron chi connectivity index (χ1n) is 9.47. The zero-order valence-electron chi connectivity index (χ0n) is 16.2. The first-order valence-corrected chi connectivity index (χ1v) is 9.85. The van der Waals surface area contributed by atoms with Crippen LogP contribution in [-0.4, -0.2) is 60.2 Å². The van der Waals surface area contributed by atoms with E-state index in [2.05, 4.69) is 5.32 Å². The van der Waals surface area contributed by atoms with Crippen LogP contribution in [0.5, 0.6) is 0 Å². The predicted octanol–water partition coefficient (Wildman–Crippen LogP) is 2.59. The van der Waals surface area contributed by atoms with Crippen LogP contribution in [0.2, 0.25) is 5.02 Å². The third-order valence-electron chi connectivity index (χ3n) is 4.72. The Morgan fingerprint density at radius 3 is 2.33 bits per heavy atom. The van der Waals surface area contributed by atoms with Crippen molar-refractivity contribution in [2.75, 3.05) is 32.7 Å². The van der Waals surface area contributed by atoms with Gasteiger partial charge in [-0.15, -0.1) is 0 Å². The minimum absolute atomic E-state index is 0.0600. The normalized spacial score (nSPS) is 14.1. The molecule has 0 bridgehead atoms. The summed E-state index contributed by atoms with van der Waals surface area (Å²) in [5, 5.41) is 2.63. The van der Waals surface area contributed by atoms with E-state index in [0.717, 1.165) is 11.6 Å². The number of carbonyl (C=O) groups is 3. The maximum atomic E-state index is 13.2. The average Bonchev–Trinajstić information content (AvgIpc) is 2.76. The van der Waals surface area contributed by atoms with Crippen LogP contribution in [0, 0.1) is 5.82 Å². The zero-order valence-corrected chi connectivity index (χ0v) is 16.9. The second-order valence-electron chi connectivity index (χ2n) is 6.76. The Balaban J connectivity index is 1.45. The van der Waals surface area contributed by atoms with Crippen LogP contribution < -0.4 is 5.32 Å². The minimum atomic E-state index is -0.507. The van der Waals surface area contributed by atoms with E-state index in [-0.39, 0.29) is 34.9 Å². The Kier molecular flexibility index (Phi) is 7.19. The van der Waals surface area contributed by atoms with Crippen molar-refractivity contribution >= 4 is 35.4 Å². The zero-order chi connectivity index (χ0) is 21.5. The van der Waals surface area contributed by atoms with Crippen LogP contribution in [0.25, 0.3) is 6.08 Å². The Bertz CT molecular complexity index is 957. The second-order valence-corrected chi connectivity index (χ2v) is 7.17. The van der Waals surface area contributed by atoms with E-state index >= 15 is 0 Å². The summed E-state index contributed by atoms with van der Waals surface area (Å²) in [7, 11) is 0. The maximum Gasteiger partial charge on any atom is 0.255 e. The van der Waals surface area contributed by atoms with Crippen molar-refractivity contribution in [1.82, 2.24) is 15.1 Å². The largest absolute Gasteiger partial charge is 0.343 e. The van der Waals surface area contributed by atoms with Crippen LogP contribution >= 0.6 is 11.6 Å². The molecule has 1 aliphatic heterocycles. The molecule has 2 aromatic rings. The molecule has 0 spiro atoms. The Morgan fingerprint density at radius 1 is 1.00 bits per heavy atom. The molecule has 0 unspecified atom stereocenters. The van der Waals surface area contributed by atoms with Gasteiger partial charge in [0.25, 0.3) is 5.91 Å². The number of nitrogens with zero attached hydrogens (tertiary/aromatic N) is 2. The molecule has 2 aromatic carbocycles. The van der Waals surface area contributed by atoms with Gasteiger partial charge in [-0.3, -0.25) is 14.4 Å². The van der Waals surface area contributed by atoms with Crippen molar-refractivity contribution in [3.63, 3.8) is 0 Å². The number of nitrogens with one attached hydrogen (secondary N) is 1. The van der Waals surface area contributed by atoms with E-state index in [0.29, 0.717) is 26.2 Å². The van der Waals surface area contributed by atoms with Crippen LogP contribution in [0.15, 0.2) is 54.6 Å². The molecule has 1 heterocycles. The minimum Gasteiger partial charge on any atom is -0.343 e. The molecule has 8 heteroatoms. The van der Waals surface area contributed by atoms with E-state index in [1.807, 2.05) is 30.3 Å². The molecular formula is C22H21ClFN3O3. The van der Waals surface area contributed by atoms with Crippen LogP contribution in [0.3, 0.4) is 0 Å². The molecule has 156 valence electrons. The molecule has 1 fully saturated rings. The maximum absolute atomic E-state index is 13.2. The van der Waals surface area contributed by atoms with Gasteiger partial charge in [-0.1, -0.05) is 41.9 Å². The summed E-state index contributed by atoms with van der Waals surface area (Å²) < 4.78 is 13.2. The molecular weight excluding hydrogens is 409 g/mol. The van der Waals surface area contributed by atoms with Gasteiger partial charge in [-0.2, -0.15) is 0 Å². The fourth-order valence-electron chi connectivity index (χ4n) is 3.06. The van der Waals surface area contributed by atoms with E-state index < -0.39 is 5.82 Å². The molecule has 1 aliphatic rings. The number of hydrogen-bond acceptors (Lipinski definition) is 3. The van der Waals surface area contributed by atoms with Crippen LogP contribution in [0.1, 0.15) is 15.9 Å². The third-order valence-corrected chi connectivity index (χ3v) is 5.03. The van der Waals surface area contributed by atoms with Crippen molar-refractivity contribution in [2.45, 2.75) is 0 Å². The standard InChI is InChI=1S/C22H21ClFN3O3/c23-19-14-17(24)7-8-18(19)22(30)27-12-10-26(11-13-27)21(29)15-25-20(28)9-6-16-4-2-1-3-5-16/h1-9,14H,10-13,15H2,(H,25,28)/b9-6+. The number of halogens is 2. The predicted molar refractivity (Wildman–Crippen MR) is 112 cm³/mol.